The van der Waals surface area contributed by atoms with Crippen molar-refractivity contribution in [3.63, 3.8) is 0 Å². The molecule has 94 valence electrons. The molecule has 0 bridgehead atoms. The molecular formula is C13H18ClNOS. The Morgan fingerprint density at radius 1 is 1.53 bits per heavy atom. The number of hydrogen-bond acceptors (Lipinski definition) is 3. The summed E-state index contributed by atoms with van der Waals surface area (Å²) in [5, 5.41) is 14.1. The van der Waals surface area contributed by atoms with Crippen molar-refractivity contribution in [3.05, 3.63) is 29.3 Å². The molecule has 2 rings (SSSR count). The van der Waals surface area contributed by atoms with Crippen LogP contribution >= 0.6 is 23.4 Å². The van der Waals surface area contributed by atoms with Crippen LogP contribution in [0.2, 0.25) is 5.02 Å². The number of likely N-dealkylation sites (N-methyl/N-ethyl adjacent to an activating group) is 1. The van der Waals surface area contributed by atoms with Gasteiger partial charge in [0.2, 0.25) is 0 Å². The van der Waals surface area contributed by atoms with Crippen molar-refractivity contribution in [1.29, 1.82) is 0 Å². The molecule has 2 N–H and O–H groups in total. The van der Waals surface area contributed by atoms with Gasteiger partial charge >= 0.3 is 0 Å². The molecule has 1 aliphatic carbocycles. The summed E-state index contributed by atoms with van der Waals surface area (Å²) in [4.78, 5) is 1.14. The molecule has 1 saturated carbocycles. The van der Waals surface area contributed by atoms with Crippen LogP contribution in [-0.2, 0) is 0 Å². The van der Waals surface area contributed by atoms with Gasteiger partial charge in [0.15, 0.2) is 0 Å². The van der Waals surface area contributed by atoms with Crippen LogP contribution in [0.1, 0.15) is 19.3 Å². The maximum atomic E-state index is 9.46. The van der Waals surface area contributed by atoms with Gasteiger partial charge in [-0.3, -0.25) is 0 Å². The molecule has 17 heavy (non-hydrogen) atoms. The lowest BCUT2D eigenvalue weighted by Gasteiger charge is -2.26. The Hall–Kier alpha value is -0.220. The molecule has 0 amide bonds. The van der Waals surface area contributed by atoms with Crippen molar-refractivity contribution in [1.82, 2.24) is 5.32 Å². The molecule has 2 unspecified atom stereocenters. The topological polar surface area (TPSA) is 32.3 Å². The maximum Gasteiger partial charge on any atom is 0.0613 e. The van der Waals surface area contributed by atoms with E-state index in [0.29, 0.717) is 5.25 Å². The van der Waals surface area contributed by atoms with Gasteiger partial charge in [0.1, 0.15) is 0 Å². The normalized spacial score (nSPS) is 28.5. The predicted octanol–water partition coefficient (Wildman–Crippen LogP) is 2.94. The summed E-state index contributed by atoms with van der Waals surface area (Å²) in [6.07, 6.45) is 3.15. The Labute approximate surface area is 112 Å². The van der Waals surface area contributed by atoms with E-state index >= 15 is 0 Å². The second kappa shape index (κ2) is 5.61. The second-order valence-electron chi connectivity index (χ2n) is 4.60. The lowest BCUT2D eigenvalue weighted by Crippen LogP contribution is -2.44. The third-order valence-corrected chi connectivity index (χ3v) is 5.31. The van der Waals surface area contributed by atoms with E-state index in [9.17, 15) is 5.11 Å². The molecule has 1 aromatic carbocycles. The summed E-state index contributed by atoms with van der Waals surface area (Å²) in [7, 11) is 1.93. The molecule has 1 fully saturated rings. The van der Waals surface area contributed by atoms with Crippen LogP contribution in [0.4, 0.5) is 0 Å². The molecular weight excluding hydrogens is 254 g/mol. The minimum atomic E-state index is -0.0844. The number of nitrogens with one attached hydrogen (secondary N) is 1. The zero-order valence-electron chi connectivity index (χ0n) is 9.95. The van der Waals surface area contributed by atoms with Gasteiger partial charge in [0.05, 0.1) is 11.6 Å². The summed E-state index contributed by atoms with van der Waals surface area (Å²) in [6.45, 7) is 0.211. The lowest BCUT2D eigenvalue weighted by molar-refractivity contribution is 0.173. The Balaban J connectivity index is 2.01. The SMILES string of the molecule is CNC1(CO)CCC(Sc2ccccc2Cl)C1. The quantitative estimate of drug-likeness (QED) is 0.883. The van der Waals surface area contributed by atoms with E-state index in [-0.39, 0.29) is 12.1 Å². The van der Waals surface area contributed by atoms with Crippen LogP contribution in [0.3, 0.4) is 0 Å². The average Bonchev–Trinajstić information content (AvgIpc) is 2.76. The van der Waals surface area contributed by atoms with Crippen molar-refractivity contribution in [2.24, 2.45) is 0 Å². The second-order valence-corrected chi connectivity index (χ2v) is 6.35. The van der Waals surface area contributed by atoms with E-state index in [0.717, 1.165) is 29.2 Å². The van der Waals surface area contributed by atoms with E-state index in [2.05, 4.69) is 11.4 Å². The van der Waals surface area contributed by atoms with Crippen molar-refractivity contribution in [2.75, 3.05) is 13.7 Å². The molecule has 0 spiro atoms. The van der Waals surface area contributed by atoms with Crippen LogP contribution in [-0.4, -0.2) is 29.5 Å². The average molecular weight is 272 g/mol. The van der Waals surface area contributed by atoms with Gasteiger partial charge in [-0.05, 0) is 38.4 Å². The van der Waals surface area contributed by atoms with E-state index < -0.39 is 0 Å². The van der Waals surface area contributed by atoms with Crippen molar-refractivity contribution < 1.29 is 5.11 Å². The predicted molar refractivity (Wildman–Crippen MR) is 73.8 cm³/mol. The molecule has 1 aliphatic rings. The molecule has 1 aromatic rings. The highest BCUT2D eigenvalue weighted by Crippen LogP contribution is 2.41. The Morgan fingerprint density at radius 2 is 2.29 bits per heavy atom. The van der Waals surface area contributed by atoms with E-state index in [4.69, 9.17) is 11.6 Å². The monoisotopic (exact) mass is 271 g/mol. The number of thioether (sulfide) groups is 1. The fourth-order valence-electron chi connectivity index (χ4n) is 2.35. The Bertz CT molecular complexity index is 381. The van der Waals surface area contributed by atoms with Crippen LogP contribution in [0.25, 0.3) is 0 Å². The van der Waals surface area contributed by atoms with Gasteiger partial charge in [0, 0.05) is 15.7 Å². The van der Waals surface area contributed by atoms with Crippen LogP contribution < -0.4 is 5.32 Å². The zero-order valence-corrected chi connectivity index (χ0v) is 11.5. The first-order valence-electron chi connectivity index (χ1n) is 5.90. The summed E-state index contributed by atoms with van der Waals surface area (Å²) in [6, 6.07) is 7.95. The van der Waals surface area contributed by atoms with Gasteiger partial charge in [-0.2, -0.15) is 0 Å². The minimum absolute atomic E-state index is 0.0844. The number of halogens is 1. The van der Waals surface area contributed by atoms with Crippen LogP contribution in [0.15, 0.2) is 29.2 Å². The molecule has 0 saturated heterocycles. The van der Waals surface area contributed by atoms with E-state index in [1.54, 1.807) is 0 Å². The first-order valence-corrected chi connectivity index (χ1v) is 7.16. The highest BCUT2D eigenvalue weighted by atomic mass is 35.5. The van der Waals surface area contributed by atoms with Gasteiger partial charge in [-0.25, -0.2) is 0 Å². The minimum Gasteiger partial charge on any atom is -0.394 e. The Morgan fingerprint density at radius 3 is 2.88 bits per heavy atom. The van der Waals surface area contributed by atoms with Crippen LogP contribution in [0.5, 0.6) is 0 Å². The highest BCUT2D eigenvalue weighted by molar-refractivity contribution is 8.00. The number of hydrogen-bond donors (Lipinski definition) is 2. The van der Waals surface area contributed by atoms with Gasteiger partial charge in [-0.1, -0.05) is 23.7 Å². The van der Waals surface area contributed by atoms with Crippen molar-refractivity contribution >= 4 is 23.4 Å². The Kier molecular flexibility index (Phi) is 4.36. The standard InChI is InChI=1S/C13H18ClNOS/c1-15-13(9-16)7-6-10(8-13)17-12-5-3-2-4-11(12)14/h2-5,10,15-16H,6-9H2,1H3. The number of rotatable bonds is 4. The van der Waals surface area contributed by atoms with Crippen molar-refractivity contribution in [3.8, 4) is 0 Å². The third kappa shape index (κ3) is 2.97. The molecule has 0 aliphatic heterocycles. The molecule has 2 nitrogen and oxygen atoms in total. The van der Waals surface area contributed by atoms with E-state index in [1.807, 2.05) is 37.0 Å². The molecule has 0 radical (unpaired) electrons. The molecule has 0 aromatic heterocycles. The van der Waals surface area contributed by atoms with Gasteiger partial charge in [0.25, 0.3) is 0 Å². The lowest BCUT2D eigenvalue weighted by atomic mass is 10.00. The largest absolute Gasteiger partial charge is 0.394 e. The summed E-state index contributed by atoms with van der Waals surface area (Å²) >= 11 is 7.98. The van der Waals surface area contributed by atoms with Gasteiger partial charge in [-0.15, -0.1) is 11.8 Å². The first-order chi connectivity index (χ1) is 8.19. The molecule has 4 heteroatoms. The van der Waals surface area contributed by atoms with E-state index in [1.165, 1.54) is 0 Å². The molecule has 2 atom stereocenters. The van der Waals surface area contributed by atoms with Crippen molar-refractivity contribution in [2.45, 2.75) is 34.9 Å². The zero-order chi connectivity index (χ0) is 12.3. The highest BCUT2D eigenvalue weighted by Gasteiger charge is 2.37. The fourth-order valence-corrected chi connectivity index (χ4v) is 3.95. The molecule has 0 heterocycles. The maximum absolute atomic E-state index is 9.46. The van der Waals surface area contributed by atoms with Crippen LogP contribution in [0, 0.1) is 0 Å². The summed E-state index contributed by atoms with van der Waals surface area (Å²) < 4.78 is 0. The number of benzene rings is 1. The number of aliphatic hydroxyl groups is 1. The smallest absolute Gasteiger partial charge is 0.0613 e. The fraction of sp³-hybridized carbons (Fsp3) is 0.538. The summed E-state index contributed by atoms with van der Waals surface area (Å²) in [5.41, 5.74) is -0.0844. The summed E-state index contributed by atoms with van der Waals surface area (Å²) in [5.74, 6) is 0. The number of aliphatic hydroxyl groups excluding tert-OH is 1. The first kappa shape index (κ1) is 13.2. The third-order valence-electron chi connectivity index (χ3n) is 3.53. The van der Waals surface area contributed by atoms with Gasteiger partial charge < -0.3 is 10.4 Å².